The molecule has 2 rings (SSSR count). The summed E-state index contributed by atoms with van der Waals surface area (Å²) in [5.41, 5.74) is 0.246. The standard InChI is InChI=1S/C18H29FN2O2/c1-18(2,3)17(23)13-21-10-8-20(9-11-21)12-16(22)14-6-4-5-7-15(14)19/h4-7,16-17,22-23H,8-13H2,1-3H3/t16-,17-/m0/s1. The molecule has 1 aromatic rings. The van der Waals surface area contributed by atoms with Crippen LogP contribution in [0.3, 0.4) is 0 Å². The molecular weight excluding hydrogens is 295 g/mol. The minimum absolute atomic E-state index is 0.113. The Hall–Kier alpha value is -1.01. The van der Waals surface area contributed by atoms with Crippen molar-refractivity contribution in [3.63, 3.8) is 0 Å². The zero-order valence-corrected chi connectivity index (χ0v) is 14.4. The fraction of sp³-hybridized carbons (Fsp3) is 0.667. The number of aliphatic hydroxyl groups excluding tert-OH is 2. The molecule has 0 bridgehead atoms. The first-order valence-electron chi connectivity index (χ1n) is 8.32. The summed E-state index contributed by atoms with van der Waals surface area (Å²) in [7, 11) is 0. The average molecular weight is 324 g/mol. The van der Waals surface area contributed by atoms with Gasteiger partial charge in [0.2, 0.25) is 0 Å². The molecule has 0 amide bonds. The molecule has 0 saturated carbocycles. The van der Waals surface area contributed by atoms with E-state index in [0.29, 0.717) is 18.7 Å². The van der Waals surface area contributed by atoms with Gasteiger partial charge in [-0.25, -0.2) is 4.39 Å². The van der Waals surface area contributed by atoms with Gasteiger partial charge < -0.3 is 10.2 Å². The fourth-order valence-corrected chi connectivity index (χ4v) is 2.76. The minimum atomic E-state index is -0.803. The van der Waals surface area contributed by atoms with Gasteiger partial charge >= 0.3 is 0 Å². The minimum Gasteiger partial charge on any atom is -0.391 e. The van der Waals surface area contributed by atoms with Crippen LogP contribution in [0.2, 0.25) is 0 Å². The molecule has 0 aromatic heterocycles. The van der Waals surface area contributed by atoms with Crippen molar-refractivity contribution in [3.8, 4) is 0 Å². The van der Waals surface area contributed by atoms with E-state index in [1.54, 1.807) is 18.2 Å². The molecule has 2 N–H and O–H groups in total. The molecule has 1 aromatic carbocycles. The number of piperazine rings is 1. The molecular formula is C18H29FN2O2. The van der Waals surface area contributed by atoms with Crippen LogP contribution in [0, 0.1) is 11.2 Å². The number of halogens is 1. The Morgan fingerprint density at radius 3 is 2.04 bits per heavy atom. The summed E-state index contributed by atoms with van der Waals surface area (Å²) in [6.07, 6.45) is -1.15. The highest BCUT2D eigenvalue weighted by atomic mass is 19.1. The highest BCUT2D eigenvalue weighted by molar-refractivity contribution is 5.20. The van der Waals surface area contributed by atoms with E-state index >= 15 is 0 Å². The van der Waals surface area contributed by atoms with Crippen LogP contribution < -0.4 is 0 Å². The van der Waals surface area contributed by atoms with E-state index in [9.17, 15) is 14.6 Å². The third kappa shape index (κ3) is 5.24. The second kappa shape index (κ2) is 7.71. The Kier molecular flexibility index (Phi) is 6.14. The van der Waals surface area contributed by atoms with E-state index in [1.807, 2.05) is 20.8 Å². The van der Waals surface area contributed by atoms with Gasteiger partial charge in [0.1, 0.15) is 5.82 Å². The second-order valence-electron chi connectivity index (χ2n) is 7.52. The predicted octanol–water partition coefficient (Wildman–Crippen LogP) is 1.88. The number of aliphatic hydroxyl groups is 2. The van der Waals surface area contributed by atoms with Crippen molar-refractivity contribution in [1.82, 2.24) is 9.80 Å². The molecule has 5 heteroatoms. The molecule has 0 unspecified atom stereocenters. The van der Waals surface area contributed by atoms with Crippen LogP contribution in [0.4, 0.5) is 4.39 Å². The van der Waals surface area contributed by atoms with Gasteiger partial charge in [0.05, 0.1) is 12.2 Å². The summed E-state index contributed by atoms with van der Waals surface area (Å²) in [5, 5.41) is 20.4. The van der Waals surface area contributed by atoms with Gasteiger partial charge in [0.25, 0.3) is 0 Å². The van der Waals surface area contributed by atoms with E-state index in [1.165, 1.54) is 6.07 Å². The van der Waals surface area contributed by atoms with Gasteiger partial charge in [-0.2, -0.15) is 0 Å². The predicted molar refractivity (Wildman–Crippen MR) is 89.7 cm³/mol. The zero-order valence-electron chi connectivity index (χ0n) is 14.4. The Balaban J connectivity index is 1.80. The number of rotatable bonds is 5. The summed E-state index contributed by atoms with van der Waals surface area (Å²) >= 11 is 0. The van der Waals surface area contributed by atoms with E-state index in [0.717, 1.165) is 26.2 Å². The van der Waals surface area contributed by atoms with Crippen LogP contribution >= 0.6 is 0 Å². The van der Waals surface area contributed by atoms with Crippen molar-refractivity contribution >= 4 is 0 Å². The second-order valence-corrected chi connectivity index (χ2v) is 7.52. The van der Waals surface area contributed by atoms with E-state index in [4.69, 9.17) is 0 Å². The first kappa shape index (κ1) is 18.3. The monoisotopic (exact) mass is 324 g/mol. The highest BCUT2D eigenvalue weighted by Gasteiger charge is 2.27. The van der Waals surface area contributed by atoms with Crippen LogP contribution in [0.5, 0.6) is 0 Å². The molecule has 1 fully saturated rings. The maximum absolute atomic E-state index is 13.7. The van der Waals surface area contributed by atoms with Crippen molar-refractivity contribution in [3.05, 3.63) is 35.6 Å². The fourth-order valence-electron chi connectivity index (χ4n) is 2.76. The summed E-state index contributed by atoms with van der Waals surface area (Å²) < 4.78 is 13.7. The van der Waals surface area contributed by atoms with Crippen molar-refractivity contribution < 1.29 is 14.6 Å². The summed E-state index contributed by atoms with van der Waals surface area (Å²) in [5.74, 6) is -0.355. The van der Waals surface area contributed by atoms with Crippen molar-refractivity contribution in [2.24, 2.45) is 5.41 Å². The summed E-state index contributed by atoms with van der Waals surface area (Å²) in [4.78, 5) is 4.40. The van der Waals surface area contributed by atoms with Crippen LogP contribution in [-0.2, 0) is 0 Å². The van der Waals surface area contributed by atoms with Gasteiger partial charge in [-0.15, -0.1) is 0 Å². The van der Waals surface area contributed by atoms with Gasteiger partial charge in [-0.1, -0.05) is 39.0 Å². The number of hydrogen-bond donors (Lipinski definition) is 2. The van der Waals surface area contributed by atoms with Gasteiger partial charge in [0.15, 0.2) is 0 Å². The first-order valence-corrected chi connectivity index (χ1v) is 8.32. The van der Waals surface area contributed by atoms with Crippen LogP contribution in [0.1, 0.15) is 32.4 Å². The largest absolute Gasteiger partial charge is 0.391 e. The van der Waals surface area contributed by atoms with Crippen molar-refractivity contribution in [2.45, 2.75) is 33.0 Å². The summed E-state index contributed by atoms with van der Waals surface area (Å²) in [6.45, 7) is 10.6. The number of benzene rings is 1. The molecule has 4 nitrogen and oxygen atoms in total. The molecule has 23 heavy (non-hydrogen) atoms. The lowest BCUT2D eigenvalue weighted by atomic mass is 9.89. The molecule has 130 valence electrons. The molecule has 1 heterocycles. The van der Waals surface area contributed by atoms with E-state index in [2.05, 4.69) is 9.80 Å². The van der Waals surface area contributed by atoms with Gasteiger partial charge in [-0.05, 0) is 11.5 Å². The summed E-state index contributed by atoms with van der Waals surface area (Å²) in [6, 6.07) is 6.39. The molecule has 1 saturated heterocycles. The third-order valence-corrected chi connectivity index (χ3v) is 4.59. The van der Waals surface area contributed by atoms with Crippen LogP contribution in [-0.4, -0.2) is 65.4 Å². The maximum Gasteiger partial charge on any atom is 0.129 e. The quantitative estimate of drug-likeness (QED) is 0.868. The maximum atomic E-state index is 13.7. The Morgan fingerprint density at radius 2 is 1.52 bits per heavy atom. The molecule has 1 aliphatic rings. The number of nitrogens with zero attached hydrogens (tertiary/aromatic N) is 2. The van der Waals surface area contributed by atoms with Gasteiger partial charge in [0, 0.05) is 44.8 Å². The number of β-amino-alcohol motifs (C(OH)–C–C–N with tert-alkyl or cyclic N) is 2. The average Bonchev–Trinajstić information content (AvgIpc) is 2.48. The SMILES string of the molecule is CC(C)(C)[C@@H](O)CN1CCN(C[C@H](O)c2ccccc2F)CC1. The molecule has 0 spiro atoms. The molecule has 1 aliphatic heterocycles. The smallest absolute Gasteiger partial charge is 0.129 e. The first-order chi connectivity index (χ1) is 10.8. The lowest BCUT2D eigenvalue weighted by molar-refractivity contribution is 0.00697. The third-order valence-electron chi connectivity index (χ3n) is 4.59. The Morgan fingerprint density at radius 1 is 1.00 bits per heavy atom. The Labute approximate surface area is 138 Å². The Bertz CT molecular complexity index is 496. The normalized spacial score (nSPS) is 20.4. The molecule has 0 aliphatic carbocycles. The lowest BCUT2D eigenvalue weighted by Crippen LogP contribution is -2.50. The topological polar surface area (TPSA) is 46.9 Å². The van der Waals surface area contributed by atoms with Crippen LogP contribution in [0.15, 0.2) is 24.3 Å². The van der Waals surface area contributed by atoms with Crippen molar-refractivity contribution in [1.29, 1.82) is 0 Å². The zero-order chi connectivity index (χ0) is 17.0. The molecule has 0 radical (unpaired) electrons. The van der Waals surface area contributed by atoms with Crippen LogP contribution in [0.25, 0.3) is 0 Å². The van der Waals surface area contributed by atoms with Gasteiger partial charge in [-0.3, -0.25) is 9.80 Å². The van der Waals surface area contributed by atoms with E-state index in [-0.39, 0.29) is 17.3 Å². The highest BCUT2D eigenvalue weighted by Crippen LogP contribution is 2.21. The lowest BCUT2D eigenvalue weighted by Gasteiger charge is -2.38. The molecule has 2 atom stereocenters. The van der Waals surface area contributed by atoms with Crippen molar-refractivity contribution in [2.75, 3.05) is 39.3 Å². The van der Waals surface area contributed by atoms with E-state index < -0.39 is 6.10 Å². The number of hydrogen-bond acceptors (Lipinski definition) is 4.